The van der Waals surface area contributed by atoms with Crippen LogP contribution in [0.2, 0.25) is 0 Å². The predicted octanol–water partition coefficient (Wildman–Crippen LogP) is 2.27. The van der Waals surface area contributed by atoms with Gasteiger partial charge in [0.25, 0.3) is 0 Å². The highest BCUT2D eigenvalue weighted by atomic mass is 16.2. The first-order chi connectivity index (χ1) is 9.63. The van der Waals surface area contributed by atoms with Gasteiger partial charge < -0.3 is 5.73 Å². The molecule has 0 bridgehead atoms. The third kappa shape index (κ3) is 4.24. The summed E-state index contributed by atoms with van der Waals surface area (Å²) >= 11 is 0. The summed E-state index contributed by atoms with van der Waals surface area (Å²) in [4.78, 5) is 11.7. The molecule has 4 heteroatoms. The Kier molecular flexibility index (Phi) is 4.50. The second-order valence-corrected chi connectivity index (χ2v) is 4.62. The normalized spacial score (nSPS) is 10.7. The van der Waals surface area contributed by atoms with Gasteiger partial charge in [0.05, 0.1) is 12.6 Å². The van der Waals surface area contributed by atoms with E-state index in [4.69, 9.17) is 5.73 Å². The predicted molar refractivity (Wildman–Crippen MR) is 81.5 cm³/mol. The van der Waals surface area contributed by atoms with Gasteiger partial charge >= 0.3 is 0 Å². The number of rotatable bonds is 4. The van der Waals surface area contributed by atoms with Gasteiger partial charge in [-0.25, -0.2) is 5.43 Å². The van der Waals surface area contributed by atoms with Gasteiger partial charge in [-0.2, -0.15) is 5.10 Å². The van der Waals surface area contributed by atoms with Gasteiger partial charge in [-0.15, -0.1) is 0 Å². The molecule has 4 nitrogen and oxygen atoms in total. The van der Waals surface area contributed by atoms with E-state index in [0.717, 1.165) is 11.1 Å². The van der Waals surface area contributed by atoms with Gasteiger partial charge in [-0.05, 0) is 30.2 Å². The molecule has 0 saturated carbocycles. The molecule has 1 amide bonds. The van der Waals surface area contributed by atoms with E-state index in [-0.39, 0.29) is 12.3 Å². The molecule has 0 spiro atoms. The second kappa shape index (κ2) is 6.52. The van der Waals surface area contributed by atoms with E-state index < -0.39 is 0 Å². The molecule has 0 aliphatic carbocycles. The molecule has 0 radical (unpaired) electrons. The van der Waals surface area contributed by atoms with Gasteiger partial charge in [0.1, 0.15) is 0 Å². The van der Waals surface area contributed by atoms with Crippen LogP contribution in [-0.2, 0) is 11.2 Å². The Labute approximate surface area is 118 Å². The van der Waals surface area contributed by atoms with Crippen LogP contribution in [0.15, 0.2) is 53.6 Å². The van der Waals surface area contributed by atoms with Crippen LogP contribution in [0.5, 0.6) is 0 Å². The number of nitrogens with two attached hydrogens (primary N) is 1. The summed E-state index contributed by atoms with van der Waals surface area (Å²) < 4.78 is 0. The van der Waals surface area contributed by atoms with Crippen LogP contribution in [0.4, 0.5) is 5.69 Å². The molecule has 2 rings (SSSR count). The van der Waals surface area contributed by atoms with Crippen LogP contribution >= 0.6 is 0 Å². The molecule has 2 aromatic rings. The van der Waals surface area contributed by atoms with E-state index in [1.165, 1.54) is 5.56 Å². The number of aryl methyl sites for hydroxylation is 1. The summed E-state index contributed by atoms with van der Waals surface area (Å²) in [5, 5.41) is 3.94. The van der Waals surface area contributed by atoms with Crippen molar-refractivity contribution in [1.29, 1.82) is 0 Å². The Hall–Kier alpha value is -2.62. The van der Waals surface area contributed by atoms with Crippen LogP contribution in [0, 0.1) is 6.92 Å². The fourth-order valence-corrected chi connectivity index (χ4v) is 1.69. The largest absolute Gasteiger partial charge is 0.399 e. The minimum atomic E-state index is -0.155. The summed E-state index contributed by atoms with van der Waals surface area (Å²) in [5.74, 6) is -0.155. The van der Waals surface area contributed by atoms with Crippen molar-refractivity contribution in [3.8, 4) is 0 Å². The molecule has 2 aromatic carbocycles. The van der Waals surface area contributed by atoms with E-state index in [9.17, 15) is 4.79 Å². The van der Waals surface area contributed by atoms with Crippen molar-refractivity contribution >= 4 is 17.8 Å². The number of nitrogens with zero attached hydrogens (tertiary/aromatic N) is 1. The first-order valence-corrected chi connectivity index (χ1v) is 6.36. The number of hydrogen-bond acceptors (Lipinski definition) is 3. The quantitative estimate of drug-likeness (QED) is 0.507. The van der Waals surface area contributed by atoms with Crippen LogP contribution in [0.1, 0.15) is 16.7 Å². The molecule has 0 fully saturated rings. The van der Waals surface area contributed by atoms with Gasteiger partial charge in [-0.3, -0.25) is 4.79 Å². The van der Waals surface area contributed by atoms with Gasteiger partial charge in [0.15, 0.2) is 0 Å². The molecule has 0 unspecified atom stereocenters. The van der Waals surface area contributed by atoms with Crippen molar-refractivity contribution in [3.63, 3.8) is 0 Å². The molecule has 20 heavy (non-hydrogen) atoms. The highest BCUT2D eigenvalue weighted by molar-refractivity contribution is 5.83. The average Bonchev–Trinajstić information content (AvgIpc) is 2.44. The smallest absolute Gasteiger partial charge is 0.244 e. The molecule has 3 N–H and O–H groups in total. The van der Waals surface area contributed by atoms with E-state index in [1.54, 1.807) is 18.3 Å². The van der Waals surface area contributed by atoms with Crippen LogP contribution in [0.3, 0.4) is 0 Å². The Morgan fingerprint density at radius 1 is 1.15 bits per heavy atom. The summed E-state index contributed by atoms with van der Waals surface area (Å²) in [6.07, 6.45) is 1.91. The van der Waals surface area contributed by atoms with E-state index in [1.807, 2.05) is 43.3 Å². The molecule has 0 aliphatic rings. The van der Waals surface area contributed by atoms with Crippen LogP contribution in [0.25, 0.3) is 0 Å². The summed E-state index contributed by atoms with van der Waals surface area (Å²) in [6, 6.07) is 15.1. The first-order valence-electron chi connectivity index (χ1n) is 6.36. The molecule has 0 heterocycles. The molecular weight excluding hydrogens is 250 g/mol. The third-order valence-electron chi connectivity index (χ3n) is 2.82. The first kappa shape index (κ1) is 13.8. The zero-order valence-electron chi connectivity index (χ0n) is 11.3. The number of hydrogen-bond donors (Lipinski definition) is 2. The number of anilines is 1. The Morgan fingerprint density at radius 2 is 1.80 bits per heavy atom. The lowest BCUT2D eigenvalue weighted by Gasteiger charge is -2.01. The zero-order valence-corrected chi connectivity index (χ0v) is 11.3. The Morgan fingerprint density at radius 3 is 2.45 bits per heavy atom. The van der Waals surface area contributed by atoms with E-state index in [0.29, 0.717) is 5.69 Å². The Bertz CT molecular complexity index is 601. The van der Waals surface area contributed by atoms with E-state index >= 15 is 0 Å². The van der Waals surface area contributed by atoms with Crippen molar-refractivity contribution in [2.45, 2.75) is 13.3 Å². The summed E-state index contributed by atoms with van der Waals surface area (Å²) in [5.41, 5.74) is 11.8. The number of carbonyl (C=O) groups is 1. The highest BCUT2D eigenvalue weighted by Crippen LogP contribution is 2.06. The maximum atomic E-state index is 11.7. The number of nitrogen functional groups attached to an aromatic ring is 1. The standard InChI is InChI=1S/C16H17N3O/c1-12-2-4-14(5-3-12)11-18-19-16(20)10-13-6-8-15(17)9-7-13/h2-9,11H,10,17H2,1H3,(H,19,20)/b18-11-. The van der Waals surface area contributed by atoms with Crippen LogP contribution < -0.4 is 11.2 Å². The number of carbonyl (C=O) groups excluding carboxylic acids is 1. The van der Waals surface area contributed by atoms with Crippen molar-refractivity contribution in [2.24, 2.45) is 5.10 Å². The second-order valence-electron chi connectivity index (χ2n) is 4.62. The maximum Gasteiger partial charge on any atom is 0.244 e. The number of benzene rings is 2. The lowest BCUT2D eigenvalue weighted by molar-refractivity contribution is -0.120. The lowest BCUT2D eigenvalue weighted by Crippen LogP contribution is -2.19. The zero-order chi connectivity index (χ0) is 14.4. The minimum Gasteiger partial charge on any atom is -0.399 e. The monoisotopic (exact) mass is 267 g/mol. The molecule has 0 aliphatic heterocycles. The summed E-state index contributed by atoms with van der Waals surface area (Å²) in [6.45, 7) is 2.02. The molecule has 0 atom stereocenters. The van der Waals surface area contributed by atoms with Gasteiger partial charge in [-0.1, -0.05) is 42.0 Å². The maximum absolute atomic E-state index is 11.7. The molecular formula is C16H17N3O. The van der Waals surface area contributed by atoms with Gasteiger partial charge in [0.2, 0.25) is 5.91 Å². The van der Waals surface area contributed by atoms with Crippen LogP contribution in [-0.4, -0.2) is 12.1 Å². The van der Waals surface area contributed by atoms with Gasteiger partial charge in [0, 0.05) is 5.69 Å². The molecule has 0 saturated heterocycles. The topological polar surface area (TPSA) is 67.5 Å². The summed E-state index contributed by atoms with van der Waals surface area (Å²) in [7, 11) is 0. The SMILES string of the molecule is Cc1ccc(/C=N\NC(=O)Cc2ccc(N)cc2)cc1. The number of nitrogens with one attached hydrogen (secondary N) is 1. The van der Waals surface area contributed by atoms with Crippen molar-refractivity contribution in [2.75, 3.05) is 5.73 Å². The fraction of sp³-hybridized carbons (Fsp3) is 0.125. The minimum absolute atomic E-state index is 0.155. The third-order valence-corrected chi connectivity index (χ3v) is 2.82. The van der Waals surface area contributed by atoms with Crippen molar-refractivity contribution < 1.29 is 4.79 Å². The lowest BCUT2D eigenvalue weighted by atomic mass is 10.1. The molecule has 102 valence electrons. The fourth-order valence-electron chi connectivity index (χ4n) is 1.69. The van der Waals surface area contributed by atoms with Crippen molar-refractivity contribution in [1.82, 2.24) is 5.43 Å². The Balaban J connectivity index is 1.85. The average molecular weight is 267 g/mol. The highest BCUT2D eigenvalue weighted by Gasteiger charge is 2.01. The van der Waals surface area contributed by atoms with Crippen molar-refractivity contribution in [3.05, 3.63) is 65.2 Å². The number of hydrazone groups is 1. The number of amides is 1. The molecule has 0 aromatic heterocycles. The van der Waals surface area contributed by atoms with E-state index in [2.05, 4.69) is 10.5 Å².